The summed E-state index contributed by atoms with van der Waals surface area (Å²) in [6.45, 7) is 12.9. The van der Waals surface area contributed by atoms with E-state index in [4.69, 9.17) is 0 Å². The average Bonchev–Trinajstić information content (AvgIpc) is 2.94. The first-order valence-corrected chi connectivity index (χ1v) is 13.1. The highest BCUT2D eigenvalue weighted by molar-refractivity contribution is 5.57. The molecule has 3 nitrogen and oxygen atoms in total. The largest absolute Gasteiger partial charge is 0.370 e. The van der Waals surface area contributed by atoms with Crippen LogP contribution in [0.2, 0.25) is 0 Å². The summed E-state index contributed by atoms with van der Waals surface area (Å²) in [4.78, 5) is 4.67. The zero-order valence-corrected chi connectivity index (χ0v) is 22.8. The molecule has 0 radical (unpaired) electrons. The highest BCUT2D eigenvalue weighted by Crippen LogP contribution is 2.22. The summed E-state index contributed by atoms with van der Waals surface area (Å²) in [6.07, 6.45) is 20.1. The summed E-state index contributed by atoms with van der Waals surface area (Å²) >= 11 is 0. The molecule has 0 aromatic heterocycles. The standard InChI is InChI=1S/C34H41N3/c1-6-8-19-31(15-7-2)35-34-20-14-26-37(25-13-12-16-28(3)29(34)4)33-23-21-32(22-24-33)36(5)27-30-17-10-9-11-18-30/h7-24,35H,2,6,25-27H2,1,3-5H3/b13-12-,19-8-,20-14?,28-16+,31-15+,34-29?. The Bertz CT molecular complexity index is 1190. The Morgan fingerprint density at radius 2 is 1.76 bits per heavy atom. The molecule has 2 aromatic rings. The quantitative estimate of drug-likeness (QED) is 0.358. The van der Waals surface area contributed by atoms with Gasteiger partial charge in [0.1, 0.15) is 0 Å². The van der Waals surface area contributed by atoms with Crippen molar-refractivity contribution in [3.63, 3.8) is 0 Å². The fraction of sp³-hybridized carbons (Fsp3) is 0.235. The molecule has 0 aliphatic carbocycles. The van der Waals surface area contributed by atoms with Crippen LogP contribution in [-0.4, -0.2) is 20.1 Å². The lowest BCUT2D eigenvalue weighted by Crippen LogP contribution is -2.23. The Balaban J connectivity index is 1.79. The van der Waals surface area contributed by atoms with Crippen LogP contribution in [-0.2, 0) is 6.54 Å². The highest BCUT2D eigenvalue weighted by atomic mass is 15.1. The second-order valence-electron chi connectivity index (χ2n) is 9.28. The van der Waals surface area contributed by atoms with Crippen LogP contribution in [0.1, 0.15) is 32.8 Å². The van der Waals surface area contributed by atoms with Gasteiger partial charge in [0.15, 0.2) is 0 Å². The molecule has 1 aliphatic rings. The molecule has 1 heterocycles. The first-order chi connectivity index (χ1) is 18.0. The summed E-state index contributed by atoms with van der Waals surface area (Å²) in [5.41, 5.74) is 8.31. The summed E-state index contributed by atoms with van der Waals surface area (Å²) in [5.74, 6) is 0. The maximum atomic E-state index is 3.88. The normalized spacial score (nSPS) is 17.2. The molecule has 0 atom stereocenters. The van der Waals surface area contributed by atoms with Crippen LogP contribution in [0.4, 0.5) is 11.4 Å². The summed E-state index contributed by atoms with van der Waals surface area (Å²) in [6, 6.07) is 19.5. The van der Waals surface area contributed by atoms with Crippen LogP contribution >= 0.6 is 0 Å². The van der Waals surface area contributed by atoms with E-state index in [1.807, 2.05) is 12.2 Å². The number of hydrogen-bond acceptors (Lipinski definition) is 3. The number of rotatable bonds is 9. The number of nitrogens with zero attached hydrogens (tertiary/aromatic N) is 2. The maximum Gasteiger partial charge on any atom is 0.0426 e. The second-order valence-corrected chi connectivity index (χ2v) is 9.28. The number of hydrogen-bond donors (Lipinski definition) is 1. The Morgan fingerprint density at radius 3 is 2.46 bits per heavy atom. The molecule has 3 heteroatoms. The zero-order chi connectivity index (χ0) is 26.5. The van der Waals surface area contributed by atoms with E-state index < -0.39 is 0 Å². The van der Waals surface area contributed by atoms with E-state index in [1.165, 1.54) is 28.1 Å². The first-order valence-electron chi connectivity index (χ1n) is 13.1. The molecule has 0 amide bonds. The van der Waals surface area contributed by atoms with Crippen LogP contribution in [0, 0.1) is 0 Å². The van der Waals surface area contributed by atoms with E-state index in [0.29, 0.717) is 0 Å². The first kappa shape index (κ1) is 27.6. The topological polar surface area (TPSA) is 18.5 Å². The second kappa shape index (κ2) is 14.5. The van der Waals surface area contributed by atoms with Crippen molar-refractivity contribution in [2.24, 2.45) is 0 Å². The van der Waals surface area contributed by atoms with Crippen molar-refractivity contribution in [1.82, 2.24) is 5.32 Å². The van der Waals surface area contributed by atoms with Gasteiger partial charge in [-0.3, -0.25) is 0 Å². The van der Waals surface area contributed by atoms with Crippen LogP contribution in [0.5, 0.6) is 0 Å². The minimum atomic E-state index is 0.812. The van der Waals surface area contributed by atoms with E-state index in [2.05, 4.69) is 147 Å². The molecule has 0 spiro atoms. The van der Waals surface area contributed by atoms with Gasteiger partial charge in [-0.05, 0) is 79.5 Å². The van der Waals surface area contributed by atoms with Gasteiger partial charge in [0, 0.05) is 49.5 Å². The van der Waals surface area contributed by atoms with Crippen LogP contribution in [0.3, 0.4) is 0 Å². The van der Waals surface area contributed by atoms with Gasteiger partial charge in [-0.2, -0.15) is 0 Å². The third-order valence-electron chi connectivity index (χ3n) is 6.44. The Kier molecular flexibility index (Phi) is 10.9. The molecule has 0 bridgehead atoms. The Hall–Kier alpha value is -3.98. The SMILES string of the molecule is C=C/C=C(\C=C/CC)NC1=C(C)/C(C)=C/C=C\CN(c2ccc(N(C)Cc3ccccc3)cc2)CC=C1. The Morgan fingerprint density at radius 1 is 1.03 bits per heavy atom. The molecular weight excluding hydrogens is 450 g/mol. The monoisotopic (exact) mass is 491 g/mol. The van der Waals surface area contributed by atoms with Crippen molar-refractivity contribution >= 4 is 11.4 Å². The van der Waals surface area contributed by atoms with Crippen molar-refractivity contribution in [3.05, 3.63) is 144 Å². The maximum absolute atomic E-state index is 3.88. The van der Waals surface area contributed by atoms with E-state index in [9.17, 15) is 0 Å². The molecule has 0 unspecified atom stereocenters. The van der Waals surface area contributed by atoms with E-state index in [1.54, 1.807) is 0 Å². The lowest BCUT2D eigenvalue weighted by molar-refractivity contribution is 0.919. The lowest BCUT2D eigenvalue weighted by atomic mass is 10.1. The van der Waals surface area contributed by atoms with Gasteiger partial charge in [-0.1, -0.05) is 80.3 Å². The zero-order valence-electron chi connectivity index (χ0n) is 22.8. The van der Waals surface area contributed by atoms with Gasteiger partial charge in [-0.25, -0.2) is 0 Å². The molecule has 3 rings (SSSR count). The highest BCUT2D eigenvalue weighted by Gasteiger charge is 2.08. The predicted molar refractivity (Wildman–Crippen MR) is 163 cm³/mol. The van der Waals surface area contributed by atoms with Gasteiger partial charge in [0.25, 0.3) is 0 Å². The van der Waals surface area contributed by atoms with Crippen LogP contribution in [0.15, 0.2) is 138 Å². The number of benzene rings is 2. The summed E-state index contributed by atoms with van der Waals surface area (Å²) < 4.78 is 0. The van der Waals surface area contributed by atoms with Gasteiger partial charge >= 0.3 is 0 Å². The van der Waals surface area contributed by atoms with Crippen molar-refractivity contribution in [3.8, 4) is 0 Å². The lowest BCUT2D eigenvalue weighted by Gasteiger charge is -2.24. The minimum absolute atomic E-state index is 0.812. The molecule has 1 aliphatic heterocycles. The van der Waals surface area contributed by atoms with Gasteiger partial charge < -0.3 is 15.1 Å². The van der Waals surface area contributed by atoms with Crippen LogP contribution < -0.4 is 15.1 Å². The van der Waals surface area contributed by atoms with Crippen molar-refractivity contribution in [2.45, 2.75) is 33.7 Å². The number of allylic oxidation sites excluding steroid dienone is 9. The predicted octanol–water partition coefficient (Wildman–Crippen LogP) is 8.10. The fourth-order valence-corrected chi connectivity index (χ4v) is 4.11. The molecule has 2 aromatic carbocycles. The van der Waals surface area contributed by atoms with Gasteiger partial charge in [0.05, 0.1) is 0 Å². The van der Waals surface area contributed by atoms with Gasteiger partial charge in [-0.15, -0.1) is 0 Å². The molecule has 1 N–H and O–H groups in total. The third kappa shape index (κ3) is 8.57. The van der Waals surface area contributed by atoms with Crippen LogP contribution in [0.25, 0.3) is 0 Å². The van der Waals surface area contributed by atoms with Crippen molar-refractivity contribution in [1.29, 1.82) is 0 Å². The summed E-state index contributed by atoms with van der Waals surface area (Å²) in [5, 5.41) is 3.61. The molecule has 192 valence electrons. The number of nitrogens with one attached hydrogen (secondary N) is 1. The van der Waals surface area contributed by atoms with Gasteiger partial charge in [0.2, 0.25) is 0 Å². The van der Waals surface area contributed by atoms with E-state index >= 15 is 0 Å². The van der Waals surface area contributed by atoms with E-state index in [-0.39, 0.29) is 0 Å². The van der Waals surface area contributed by atoms with E-state index in [0.717, 1.165) is 37.4 Å². The minimum Gasteiger partial charge on any atom is -0.370 e. The van der Waals surface area contributed by atoms with Crippen molar-refractivity contribution < 1.29 is 0 Å². The Labute approximate surface area is 224 Å². The molecule has 0 saturated heterocycles. The average molecular weight is 492 g/mol. The fourth-order valence-electron chi connectivity index (χ4n) is 4.11. The number of anilines is 2. The third-order valence-corrected chi connectivity index (χ3v) is 6.44. The smallest absolute Gasteiger partial charge is 0.0426 e. The molecule has 37 heavy (non-hydrogen) atoms. The molecule has 0 fully saturated rings. The summed E-state index contributed by atoms with van der Waals surface area (Å²) in [7, 11) is 2.14. The molecular formula is C34H41N3. The van der Waals surface area contributed by atoms with Crippen molar-refractivity contribution in [2.75, 3.05) is 29.9 Å². The molecule has 0 saturated carbocycles.